The van der Waals surface area contributed by atoms with E-state index in [1.807, 2.05) is 66.7 Å². The number of halogens is 1. The maximum atomic E-state index is 12.1. The number of nitro benzene ring substituents is 2. The van der Waals surface area contributed by atoms with E-state index in [2.05, 4.69) is 0 Å². The third-order valence-electron chi connectivity index (χ3n) is 9.31. The molecule has 0 N–H and O–H groups in total. The fourth-order valence-corrected chi connectivity index (χ4v) is 5.86. The number of carbonyl (C=O) groups excluding carboxylic acids is 2. The zero-order valence-corrected chi connectivity index (χ0v) is 35.3. The Bertz CT molecular complexity index is 2030. The minimum atomic E-state index is -0.634. The highest BCUT2D eigenvalue weighted by atomic mass is 35.5. The maximum Gasteiger partial charge on any atom is 0.490 e. The lowest BCUT2D eigenvalue weighted by Crippen LogP contribution is -2.41. The van der Waals surface area contributed by atoms with Gasteiger partial charge in [0.15, 0.2) is 0 Å². The van der Waals surface area contributed by atoms with Crippen molar-refractivity contribution in [3.8, 4) is 12.1 Å². The summed E-state index contributed by atoms with van der Waals surface area (Å²) >= 11 is 5.55. The smallest absolute Gasteiger partial charge is 0.444 e. The van der Waals surface area contributed by atoms with Crippen molar-refractivity contribution in [2.45, 2.75) is 104 Å². The zero-order chi connectivity index (χ0) is 43.8. The van der Waals surface area contributed by atoms with Crippen LogP contribution in [0.15, 0.2) is 54.0 Å². The molecule has 310 valence electrons. The molecule has 5 rings (SSSR count). The van der Waals surface area contributed by atoms with Gasteiger partial charge in [-0.2, -0.15) is 10.5 Å². The number of nitriles is 2. The number of nitro groups is 2. The molecule has 3 aliphatic rings. The summed E-state index contributed by atoms with van der Waals surface area (Å²) in [5.41, 5.74) is 0.298. The number of amides is 2. The summed E-state index contributed by atoms with van der Waals surface area (Å²) in [5.74, 6) is 0. The Hall–Kier alpha value is -5.49. The minimum Gasteiger partial charge on any atom is -0.444 e. The third-order valence-corrected chi connectivity index (χ3v) is 9.62. The molecule has 0 aromatic heterocycles. The van der Waals surface area contributed by atoms with Gasteiger partial charge in [-0.25, -0.2) is 9.59 Å². The lowest BCUT2D eigenvalue weighted by atomic mass is 9.75. The molecule has 1 saturated heterocycles. The SMILES string of the molecule is CC(C)(C)OC(=O)N1CC=C(B2OC(C)(C)C(C)(C)O2)CC1.CC(C)(C)OC(=O)N1CC=C(c2cccc([N+](=O)[O-])c2C#N)CC1.N#Cc1c(Cl)cccc1[N+](=O)[O-]. The van der Waals surface area contributed by atoms with Gasteiger partial charge in [0, 0.05) is 43.9 Å². The highest BCUT2D eigenvalue weighted by Crippen LogP contribution is 2.39. The quantitative estimate of drug-likeness (QED) is 0.161. The lowest BCUT2D eigenvalue weighted by Gasteiger charge is -2.32. The molecule has 3 heterocycles. The van der Waals surface area contributed by atoms with Crippen LogP contribution in [0.25, 0.3) is 5.57 Å². The summed E-state index contributed by atoms with van der Waals surface area (Å²) < 4.78 is 22.8. The van der Waals surface area contributed by atoms with Gasteiger partial charge in [-0.1, -0.05) is 42.0 Å². The van der Waals surface area contributed by atoms with Gasteiger partial charge in [0.1, 0.15) is 34.5 Å². The Kier molecular flexibility index (Phi) is 15.2. The van der Waals surface area contributed by atoms with Gasteiger partial charge < -0.3 is 28.6 Å². The number of benzene rings is 2. The van der Waals surface area contributed by atoms with E-state index in [1.54, 1.807) is 48.8 Å². The molecule has 2 aromatic carbocycles. The normalized spacial score (nSPS) is 17.1. The summed E-state index contributed by atoms with van der Waals surface area (Å²) in [4.78, 5) is 47.6. The van der Waals surface area contributed by atoms with Crippen LogP contribution in [-0.4, -0.2) is 87.5 Å². The first kappa shape index (κ1) is 46.9. The Labute approximate surface area is 344 Å². The fourth-order valence-electron chi connectivity index (χ4n) is 5.64. The molecular weight excluding hydrogens is 771 g/mol. The van der Waals surface area contributed by atoms with Crippen molar-refractivity contribution in [2.75, 3.05) is 26.2 Å². The second-order valence-corrected chi connectivity index (χ2v) is 16.9. The standard InChI is InChI=1S/C17H19N3O4.C16H28BNO4.C7H3ClN2O2/c1-17(2,3)24-16(21)19-9-7-12(8-10-19)13-5-4-6-15(20(22)23)14(13)11-18;1-14(2,3)20-13(19)18-10-8-12(9-11-18)17-21-15(4,5)16(6,7)22-17;8-6-2-1-3-7(10(11)12)5(6)4-9/h4-7H,8-10H2,1-3H3;8H,9-11H2,1-7H3;1-3H. The number of rotatable bonds is 4. The average Bonchev–Trinajstić information content (AvgIpc) is 3.36. The molecule has 0 bridgehead atoms. The van der Waals surface area contributed by atoms with E-state index in [1.165, 1.54) is 24.3 Å². The molecule has 0 atom stereocenters. The maximum absolute atomic E-state index is 12.1. The van der Waals surface area contributed by atoms with E-state index >= 15 is 0 Å². The predicted octanol–water partition coefficient (Wildman–Crippen LogP) is 8.80. The first-order valence-corrected chi connectivity index (χ1v) is 18.9. The molecule has 58 heavy (non-hydrogen) atoms. The van der Waals surface area contributed by atoms with E-state index < -0.39 is 27.1 Å². The lowest BCUT2D eigenvalue weighted by molar-refractivity contribution is -0.385. The Balaban J connectivity index is 0.000000245. The van der Waals surface area contributed by atoms with Gasteiger partial charge in [0.25, 0.3) is 11.4 Å². The summed E-state index contributed by atoms with van der Waals surface area (Å²) in [5, 5.41) is 39.3. The van der Waals surface area contributed by atoms with Crippen LogP contribution in [0.2, 0.25) is 5.02 Å². The van der Waals surface area contributed by atoms with Crippen LogP contribution in [0.1, 0.15) is 98.8 Å². The molecule has 0 saturated carbocycles. The van der Waals surface area contributed by atoms with Gasteiger partial charge >= 0.3 is 19.3 Å². The monoisotopic (exact) mass is 820 g/mol. The molecule has 0 spiro atoms. The highest BCUT2D eigenvalue weighted by molar-refractivity contribution is 6.54. The van der Waals surface area contributed by atoms with Crippen LogP contribution in [0, 0.1) is 42.9 Å². The van der Waals surface area contributed by atoms with Crippen LogP contribution in [0.4, 0.5) is 21.0 Å². The second-order valence-electron chi connectivity index (χ2n) is 16.5. The Morgan fingerprint density at radius 3 is 1.60 bits per heavy atom. The van der Waals surface area contributed by atoms with Crippen molar-refractivity contribution < 1.29 is 38.2 Å². The van der Waals surface area contributed by atoms with Crippen molar-refractivity contribution in [3.05, 3.63) is 96.0 Å². The minimum absolute atomic E-state index is 0.0551. The Morgan fingerprint density at radius 1 is 0.776 bits per heavy atom. The number of ether oxygens (including phenoxy) is 2. The first-order valence-electron chi connectivity index (χ1n) is 18.5. The van der Waals surface area contributed by atoms with E-state index in [9.17, 15) is 35.1 Å². The van der Waals surface area contributed by atoms with Crippen LogP contribution in [0.5, 0.6) is 0 Å². The largest absolute Gasteiger partial charge is 0.490 e. The van der Waals surface area contributed by atoms with Gasteiger partial charge in [0.05, 0.1) is 26.1 Å². The number of carbonyl (C=O) groups is 2. The summed E-state index contributed by atoms with van der Waals surface area (Å²) in [6, 6.07) is 12.3. The molecule has 18 heteroatoms. The van der Waals surface area contributed by atoms with Gasteiger partial charge in [-0.05, 0) is 99.2 Å². The molecule has 16 nitrogen and oxygen atoms in total. The topological polar surface area (TPSA) is 211 Å². The van der Waals surface area contributed by atoms with E-state index in [0.29, 0.717) is 38.2 Å². The Morgan fingerprint density at radius 2 is 1.22 bits per heavy atom. The number of hydrogen-bond acceptors (Lipinski definition) is 12. The van der Waals surface area contributed by atoms with E-state index in [0.717, 1.165) is 17.5 Å². The van der Waals surface area contributed by atoms with Crippen molar-refractivity contribution in [1.82, 2.24) is 9.80 Å². The summed E-state index contributed by atoms with van der Waals surface area (Å²) in [6.07, 6.45) is 4.43. The molecule has 0 radical (unpaired) electrons. The molecule has 0 aliphatic carbocycles. The van der Waals surface area contributed by atoms with Crippen LogP contribution in [0.3, 0.4) is 0 Å². The van der Waals surface area contributed by atoms with Gasteiger partial charge in [0.2, 0.25) is 0 Å². The van der Waals surface area contributed by atoms with Crippen LogP contribution >= 0.6 is 11.6 Å². The predicted molar refractivity (Wildman–Crippen MR) is 218 cm³/mol. The van der Waals surface area contributed by atoms with Crippen molar-refractivity contribution in [1.29, 1.82) is 10.5 Å². The van der Waals surface area contributed by atoms with Crippen molar-refractivity contribution in [3.63, 3.8) is 0 Å². The van der Waals surface area contributed by atoms with Gasteiger partial charge in [-0.15, -0.1) is 0 Å². The highest BCUT2D eigenvalue weighted by Gasteiger charge is 2.52. The number of hydrogen-bond donors (Lipinski definition) is 0. The van der Waals surface area contributed by atoms with Crippen LogP contribution < -0.4 is 0 Å². The molecular formula is C40H50BClN6O10. The zero-order valence-electron chi connectivity index (χ0n) is 34.6. The average molecular weight is 821 g/mol. The van der Waals surface area contributed by atoms with Crippen molar-refractivity contribution >= 4 is 47.9 Å². The molecule has 1 fully saturated rings. The third kappa shape index (κ3) is 12.5. The summed E-state index contributed by atoms with van der Waals surface area (Å²) in [7, 11) is -0.314. The number of nitrogens with zero attached hydrogens (tertiary/aromatic N) is 6. The fraction of sp³-hybridized carbons (Fsp3) is 0.500. The summed E-state index contributed by atoms with van der Waals surface area (Å²) in [6.45, 7) is 21.2. The van der Waals surface area contributed by atoms with Crippen molar-refractivity contribution in [2.24, 2.45) is 0 Å². The van der Waals surface area contributed by atoms with E-state index in [4.69, 9.17) is 35.6 Å². The molecule has 3 aliphatic heterocycles. The van der Waals surface area contributed by atoms with Gasteiger partial charge in [-0.3, -0.25) is 20.2 Å². The van der Waals surface area contributed by atoms with Crippen LogP contribution in [-0.2, 0) is 18.8 Å². The first-order chi connectivity index (χ1) is 26.8. The molecule has 2 amide bonds. The molecule has 2 aromatic rings. The second kappa shape index (κ2) is 18.8. The molecule has 0 unspecified atom stereocenters. The van der Waals surface area contributed by atoms with E-state index in [-0.39, 0.29) is 51.9 Å².